The number of rotatable bonds is 4. The molecule has 0 bridgehead atoms. The number of nitrogens with one attached hydrogen (secondary N) is 1. The van der Waals surface area contributed by atoms with Crippen molar-refractivity contribution in [1.29, 1.82) is 0 Å². The lowest BCUT2D eigenvalue weighted by molar-refractivity contribution is -0.118. The number of fused-ring (bicyclic) bond motifs is 4. The van der Waals surface area contributed by atoms with E-state index in [9.17, 15) is 9.59 Å². The van der Waals surface area contributed by atoms with Crippen LogP contribution in [0.5, 0.6) is 5.75 Å². The van der Waals surface area contributed by atoms with Crippen LogP contribution in [0.1, 0.15) is 38.1 Å². The third-order valence-corrected chi connectivity index (χ3v) is 7.01. The van der Waals surface area contributed by atoms with Gasteiger partial charge in [0, 0.05) is 17.4 Å². The van der Waals surface area contributed by atoms with Crippen molar-refractivity contribution in [3.8, 4) is 5.75 Å². The number of carbonyl (C=O) groups excluding carboxylic acids is 1. The van der Waals surface area contributed by atoms with E-state index in [1.54, 1.807) is 25.1 Å². The average Bonchev–Trinajstić information content (AvgIpc) is 3.15. The first kappa shape index (κ1) is 21.5. The second-order valence-corrected chi connectivity index (χ2v) is 9.77. The fourth-order valence-corrected chi connectivity index (χ4v) is 5.11. The van der Waals surface area contributed by atoms with Crippen LogP contribution in [0.25, 0.3) is 20.4 Å². The first-order valence-corrected chi connectivity index (χ1v) is 11.5. The first-order chi connectivity index (χ1) is 15.8. The molecule has 0 spiro atoms. The summed E-state index contributed by atoms with van der Waals surface area (Å²) in [5, 5.41) is 3.67. The van der Waals surface area contributed by atoms with E-state index in [1.165, 1.54) is 29.3 Å². The molecule has 0 saturated carbocycles. The van der Waals surface area contributed by atoms with E-state index in [4.69, 9.17) is 14.5 Å². The maximum Gasteiger partial charge on any atom is 0.272 e. The number of carbonyl (C=O) groups is 1. The van der Waals surface area contributed by atoms with Gasteiger partial charge >= 0.3 is 0 Å². The van der Waals surface area contributed by atoms with E-state index in [0.29, 0.717) is 34.7 Å². The molecule has 170 valence electrons. The van der Waals surface area contributed by atoms with Gasteiger partial charge in [-0.1, -0.05) is 12.1 Å². The molecule has 3 aromatic heterocycles. The van der Waals surface area contributed by atoms with E-state index < -0.39 is 6.04 Å². The smallest absolute Gasteiger partial charge is 0.272 e. The van der Waals surface area contributed by atoms with Crippen LogP contribution < -0.4 is 15.6 Å². The summed E-state index contributed by atoms with van der Waals surface area (Å²) in [6.45, 7) is 6.25. The molecule has 1 amide bonds. The number of pyridine rings is 1. The second kappa shape index (κ2) is 7.93. The Morgan fingerprint density at radius 3 is 2.91 bits per heavy atom. The highest BCUT2D eigenvalue weighted by Crippen LogP contribution is 2.34. The maximum atomic E-state index is 13.3. The topological polar surface area (TPSA) is 95.3 Å². The number of anilines is 1. The molecule has 1 aliphatic rings. The molecule has 0 aliphatic carbocycles. The van der Waals surface area contributed by atoms with Crippen LogP contribution in [0.4, 0.5) is 5.69 Å². The highest BCUT2D eigenvalue weighted by Gasteiger charge is 2.28. The van der Waals surface area contributed by atoms with Crippen LogP contribution in [-0.2, 0) is 22.6 Å². The fourth-order valence-electron chi connectivity index (χ4n) is 4.04. The number of amides is 1. The molecule has 9 heteroatoms. The van der Waals surface area contributed by atoms with Crippen molar-refractivity contribution in [1.82, 2.24) is 14.5 Å². The highest BCUT2D eigenvalue weighted by molar-refractivity contribution is 7.25. The van der Waals surface area contributed by atoms with E-state index >= 15 is 0 Å². The van der Waals surface area contributed by atoms with Gasteiger partial charge in [-0.15, -0.1) is 11.3 Å². The number of benzene rings is 1. The Labute approximate surface area is 194 Å². The molecule has 0 saturated heterocycles. The lowest BCUT2D eigenvalue weighted by Gasteiger charge is -2.30. The van der Waals surface area contributed by atoms with Crippen molar-refractivity contribution < 1.29 is 14.3 Å². The van der Waals surface area contributed by atoms with Crippen molar-refractivity contribution in [2.24, 2.45) is 0 Å². The molecule has 0 radical (unpaired) electrons. The molecule has 5 rings (SSSR count). The molecule has 0 fully saturated rings. The minimum Gasteiger partial charge on any atom is -0.495 e. The van der Waals surface area contributed by atoms with Crippen molar-refractivity contribution in [3.63, 3.8) is 0 Å². The summed E-state index contributed by atoms with van der Waals surface area (Å²) in [5.74, 6) is 0.211. The molecule has 1 aliphatic heterocycles. The molecule has 1 aromatic carbocycles. The van der Waals surface area contributed by atoms with Crippen molar-refractivity contribution in [2.75, 3.05) is 12.4 Å². The molecule has 1 atom stereocenters. The summed E-state index contributed by atoms with van der Waals surface area (Å²) in [7, 11) is 1.54. The van der Waals surface area contributed by atoms with Gasteiger partial charge in [0.1, 0.15) is 21.3 Å². The van der Waals surface area contributed by atoms with Crippen LogP contribution in [0.15, 0.2) is 41.5 Å². The summed E-state index contributed by atoms with van der Waals surface area (Å²) in [4.78, 5) is 36.4. The molecule has 4 aromatic rings. The van der Waals surface area contributed by atoms with E-state index in [1.807, 2.05) is 26.0 Å². The zero-order chi connectivity index (χ0) is 23.3. The average molecular weight is 465 g/mol. The largest absolute Gasteiger partial charge is 0.495 e. The first-order valence-electron chi connectivity index (χ1n) is 10.7. The molecular formula is C24H24N4O4S. The van der Waals surface area contributed by atoms with Crippen LogP contribution in [0, 0.1) is 0 Å². The molecule has 33 heavy (non-hydrogen) atoms. The number of methoxy groups -OCH3 is 1. The number of hydrogen-bond acceptors (Lipinski definition) is 7. The number of hydrogen-bond donors (Lipinski definition) is 1. The lowest BCUT2D eigenvalue weighted by atomic mass is 9.95. The van der Waals surface area contributed by atoms with Gasteiger partial charge in [-0.2, -0.15) is 0 Å². The molecule has 8 nitrogen and oxygen atoms in total. The minimum absolute atomic E-state index is 0.264. The normalized spacial score (nSPS) is 15.9. The van der Waals surface area contributed by atoms with Gasteiger partial charge in [-0.3, -0.25) is 14.2 Å². The summed E-state index contributed by atoms with van der Waals surface area (Å²) in [5.41, 5.74) is 2.64. The van der Waals surface area contributed by atoms with Crippen LogP contribution in [0.2, 0.25) is 0 Å². The third kappa shape index (κ3) is 3.77. The van der Waals surface area contributed by atoms with Crippen LogP contribution in [-0.4, -0.2) is 33.2 Å². The summed E-state index contributed by atoms with van der Waals surface area (Å²) in [6.07, 6.45) is 2.15. The van der Waals surface area contributed by atoms with Crippen molar-refractivity contribution >= 4 is 43.4 Å². The lowest BCUT2D eigenvalue weighted by Crippen LogP contribution is -2.32. The predicted octanol–water partition coefficient (Wildman–Crippen LogP) is 4.07. The maximum absolute atomic E-state index is 13.3. The van der Waals surface area contributed by atoms with Crippen LogP contribution in [0.3, 0.4) is 0 Å². The van der Waals surface area contributed by atoms with E-state index in [0.717, 1.165) is 21.5 Å². The van der Waals surface area contributed by atoms with Gasteiger partial charge in [0.15, 0.2) is 0 Å². The Bertz CT molecular complexity index is 1460. The highest BCUT2D eigenvalue weighted by atomic mass is 32.1. The van der Waals surface area contributed by atoms with Gasteiger partial charge in [-0.05, 0) is 39.0 Å². The standard InChI is InChI=1S/C24H24N4O4S/c1-13(21(29)26-16-7-5-6-8-18(16)31-4)28-12-25-19-15-9-14-11-32-24(2,3)10-17(14)27-22(15)33-20(19)23(28)30/h5-9,12-13H,10-11H2,1-4H3,(H,26,29)/t13-/m0/s1. The van der Waals surface area contributed by atoms with Gasteiger partial charge < -0.3 is 14.8 Å². The van der Waals surface area contributed by atoms with Gasteiger partial charge in [0.2, 0.25) is 5.91 Å². The SMILES string of the molecule is COc1ccccc1NC(=O)[C@H](C)n1cnc2c(sc3nc4c(cc32)COC(C)(C)C4)c1=O. The number of para-hydroxylation sites is 2. The van der Waals surface area contributed by atoms with Gasteiger partial charge in [0.25, 0.3) is 5.56 Å². The molecule has 1 N–H and O–H groups in total. The summed E-state index contributed by atoms with van der Waals surface area (Å²) in [6, 6.07) is 8.40. The number of aromatic nitrogens is 3. The quantitative estimate of drug-likeness (QED) is 0.489. The number of ether oxygens (including phenoxy) is 2. The number of thiophene rings is 1. The van der Waals surface area contributed by atoms with Crippen molar-refractivity contribution in [2.45, 2.75) is 45.4 Å². The monoisotopic (exact) mass is 464 g/mol. The summed E-state index contributed by atoms with van der Waals surface area (Å²) >= 11 is 1.32. The number of nitrogens with zero attached hydrogens (tertiary/aromatic N) is 3. The Morgan fingerprint density at radius 2 is 2.12 bits per heavy atom. The molecule has 4 heterocycles. The zero-order valence-electron chi connectivity index (χ0n) is 18.8. The second-order valence-electron chi connectivity index (χ2n) is 8.77. The molecular weight excluding hydrogens is 440 g/mol. The van der Waals surface area contributed by atoms with E-state index in [-0.39, 0.29) is 17.1 Å². The molecule has 0 unspecified atom stereocenters. The Hall–Kier alpha value is -3.30. The third-order valence-electron chi connectivity index (χ3n) is 5.94. The predicted molar refractivity (Wildman–Crippen MR) is 128 cm³/mol. The van der Waals surface area contributed by atoms with Gasteiger partial charge in [-0.25, -0.2) is 9.97 Å². The minimum atomic E-state index is -0.764. The summed E-state index contributed by atoms with van der Waals surface area (Å²) < 4.78 is 13.1. The zero-order valence-corrected chi connectivity index (χ0v) is 19.7. The van der Waals surface area contributed by atoms with E-state index in [2.05, 4.69) is 10.3 Å². The Kier molecular flexibility index (Phi) is 5.18. The Morgan fingerprint density at radius 1 is 1.33 bits per heavy atom. The van der Waals surface area contributed by atoms with Gasteiger partial charge in [0.05, 0.1) is 42.5 Å². The Balaban J connectivity index is 1.52. The fraction of sp³-hybridized carbons (Fsp3) is 0.333. The van der Waals surface area contributed by atoms with Crippen molar-refractivity contribution in [3.05, 3.63) is 58.3 Å². The van der Waals surface area contributed by atoms with Crippen LogP contribution >= 0.6 is 11.3 Å².